The minimum absolute atomic E-state index is 0.281. The molecule has 0 saturated heterocycles. The van der Waals surface area contributed by atoms with E-state index >= 15 is 0 Å². The highest BCUT2D eigenvalue weighted by Gasteiger charge is 2.15. The van der Waals surface area contributed by atoms with Crippen molar-refractivity contribution < 1.29 is 14.3 Å². The summed E-state index contributed by atoms with van der Waals surface area (Å²) in [6.07, 6.45) is 2.32. The van der Waals surface area contributed by atoms with E-state index in [1.165, 1.54) is 12.1 Å². The van der Waals surface area contributed by atoms with Gasteiger partial charge in [-0.3, -0.25) is 4.79 Å². The number of aryl methyl sites for hydroxylation is 1. The van der Waals surface area contributed by atoms with Gasteiger partial charge in [0, 0.05) is 18.6 Å². The van der Waals surface area contributed by atoms with Crippen molar-refractivity contribution in [3.8, 4) is 0 Å². The molecule has 0 aliphatic heterocycles. The zero-order chi connectivity index (χ0) is 12.6. The van der Waals surface area contributed by atoms with Crippen molar-refractivity contribution in [2.75, 3.05) is 0 Å². The molecule has 0 bridgehead atoms. The molecule has 1 aromatic carbocycles. The van der Waals surface area contributed by atoms with Crippen molar-refractivity contribution in [3.05, 3.63) is 35.8 Å². The van der Waals surface area contributed by atoms with Gasteiger partial charge in [0.1, 0.15) is 5.82 Å². The Kier molecular flexibility index (Phi) is 2.88. The molecule has 0 aliphatic rings. The Balaban J connectivity index is 2.45. The van der Waals surface area contributed by atoms with Crippen LogP contribution in [0.3, 0.4) is 0 Å². The van der Waals surface area contributed by atoms with Crippen LogP contribution in [0.2, 0.25) is 0 Å². The summed E-state index contributed by atoms with van der Waals surface area (Å²) in [6, 6.07) is 4.57. The third kappa shape index (κ3) is 2.16. The second-order valence-corrected chi connectivity index (χ2v) is 4.37. The van der Waals surface area contributed by atoms with Gasteiger partial charge in [-0.15, -0.1) is 0 Å². The van der Waals surface area contributed by atoms with Crippen LogP contribution < -0.4 is 0 Å². The Bertz CT molecular complexity index is 574. The second-order valence-electron chi connectivity index (χ2n) is 4.37. The zero-order valence-electron chi connectivity index (χ0n) is 9.77. The fourth-order valence-electron chi connectivity index (χ4n) is 2.02. The van der Waals surface area contributed by atoms with Crippen LogP contribution in [0.25, 0.3) is 10.9 Å². The third-order valence-corrected chi connectivity index (χ3v) is 2.98. The van der Waals surface area contributed by atoms with Crippen LogP contribution in [-0.2, 0) is 18.3 Å². The largest absolute Gasteiger partial charge is 0.481 e. The molecular weight excluding hydrogens is 221 g/mol. The molecule has 1 heterocycles. The first-order valence-corrected chi connectivity index (χ1v) is 5.45. The highest BCUT2D eigenvalue weighted by Crippen LogP contribution is 2.23. The number of carboxylic acids is 1. The smallest absolute Gasteiger partial charge is 0.306 e. The standard InChI is InChI=1S/C13H14FNO2/c1-8(13(16)17)5-9-7-15(2)12-6-10(14)3-4-11(9)12/h3-4,6-8H,5H2,1-2H3,(H,16,17). The summed E-state index contributed by atoms with van der Waals surface area (Å²) in [4.78, 5) is 10.8. The van der Waals surface area contributed by atoms with Gasteiger partial charge in [0.05, 0.1) is 11.4 Å². The number of rotatable bonds is 3. The molecule has 17 heavy (non-hydrogen) atoms. The van der Waals surface area contributed by atoms with Crippen LogP contribution in [0.4, 0.5) is 4.39 Å². The predicted molar refractivity (Wildman–Crippen MR) is 63.4 cm³/mol. The number of aliphatic carboxylic acids is 1. The van der Waals surface area contributed by atoms with Gasteiger partial charge in [0.15, 0.2) is 0 Å². The van der Waals surface area contributed by atoms with Gasteiger partial charge in [-0.2, -0.15) is 0 Å². The van der Waals surface area contributed by atoms with Gasteiger partial charge in [-0.25, -0.2) is 4.39 Å². The average Bonchev–Trinajstić information content (AvgIpc) is 2.55. The van der Waals surface area contributed by atoms with E-state index in [0.29, 0.717) is 6.42 Å². The molecule has 2 rings (SSSR count). The minimum atomic E-state index is -0.816. The van der Waals surface area contributed by atoms with E-state index in [1.807, 2.05) is 17.8 Å². The Morgan fingerprint density at radius 3 is 2.88 bits per heavy atom. The molecule has 0 amide bonds. The maximum absolute atomic E-state index is 13.1. The Morgan fingerprint density at radius 2 is 2.24 bits per heavy atom. The Morgan fingerprint density at radius 1 is 1.53 bits per heavy atom. The summed E-state index contributed by atoms with van der Waals surface area (Å²) >= 11 is 0. The molecule has 1 unspecified atom stereocenters. The van der Waals surface area contributed by atoms with Gasteiger partial charge in [-0.1, -0.05) is 6.92 Å². The summed E-state index contributed by atoms with van der Waals surface area (Å²) in [6.45, 7) is 1.67. The first-order valence-electron chi connectivity index (χ1n) is 5.45. The fraction of sp³-hybridized carbons (Fsp3) is 0.308. The lowest BCUT2D eigenvalue weighted by Gasteiger charge is -2.04. The summed E-state index contributed by atoms with van der Waals surface area (Å²) < 4.78 is 14.9. The number of fused-ring (bicyclic) bond motifs is 1. The molecule has 90 valence electrons. The first kappa shape index (κ1) is 11.6. The van der Waals surface area contributed by atoms with Gasteiger partial charge in [0.25, 0.3) is 0 Å². The van der Waals surface area contributed by atoms with Gasteiger partial charge in [0.2, 0.25) is 0 Å². The monoisotopic (exact) mass is 235 g/mol. The van der Waals surface area contributed by atoms with Crippen molar-refractivity contribution in [1.29, 1.82) is 0 Å². The van der Waals surface area contributed by atoms with Crippen LogP contribution in [0.15, 0.2) is 24.4 Å². The van der Waals surface area contributed by atoms with E-state index in [9.17, 15) is 9.18 Å². The molecule has 1 atom stereocenters. The number of nitrogens with zero attached hydrogens (tertiary/aromatic N) is 1. The Labute approximate surface area is 98.5 Å². The van der Waals surface area contributed by atoms with Gasteiger partial charge >= 0.3 is 5.97 Å². The lowest BCUT2D eigenvalue weighted by atomic mass is 10.0. The minimum Gasteiger partial charge on any atom is -0.481 e. The molecule has 2 aromatic rings. The molecule has 0 fully saturated rings. The molecule has 4 heteroatoms. The van der Waals surface area contributed by atoms with Gasteiger partial charge < -0.3 is 9.67 Å². The average molecular weight is 235 g/mol. The SMILES string of the molecule is CC(Cc1cn(C)c2cc(F)ccc12)C(=O)O. The highest BCUT2D eigenvalue weighted by atomic mass is 19.1. The fourth-order valence-corrected chi connectivity index (χ4v) is 2.02. The number of aromatic nitrogens is 1. The van der Waals surface area contributed by atoms with Gasteiger partial charge in [-0.05, 0) is 30.2 Å². The second kappa shape index (κ2) is 4.20. The van der Waals surface area contributed by atoms with Crippen LogP contribution in [0.5, 0.6) is 0 Å². The maximum atomic E-state index is 13.1. The molecule has 1 N–H and O–H groups in total. The summed E-state index contributed by atoms with van der Waals surface area (Å²) in [5.41, 5.74) is 1.73. The normalized spacial score (nSPS) is 12.9. The van der Waals surface area contributed by atoms with Crippen molar-refractivity contribution in [2.45, 2.75) is 13.3 Å². The number of carbonyl (C=O) groups is 1. The first-order chi connectivity index (χ1) is 7.99. The van der Waals surface area contributed by atoms with Crippen LogP contribution in [0, 0.1) is 11.7 Å². The molecule has 1 aromatic heterocycles. The highest BCUT2D eigenvalue weighted by molar-refractivity contribution is 5.84. The summed E-state index contributed by atoms with van der Waals surface area (Å²) in [5.74, 6) is -1.54. The number of halogens is 1. The molecule has 0 radical (unpaired) electrons. The maximum Gasteiger partial charge on any atom is 0.306 e. The Hall–Kier alpha value is -1.84. The van der Waals surface area contributed by atoms with Crippen LogP contribution in [-0.4, -0.2) is 15.6 Å². The summed E-state index contributed by atoms with van der Waals surface area (Å²) in [7, 11) is 1.83. The zero-order valence-corrected chi connectivity index (χ0v) is 9.77. The van der Waals surface area contributed by atoms with Crippen LogP contribution in [0.1, 0.15) is 12.5 Å². The van der Waals surface area contributed by atoms with Crippen LogP contribution >= 0.6 is 0 Å². The summed E-state index contributed by atoms with van der Waals surface area (Å²) in [5, 5.41) is 9.82. The third-order valence-electron chi connectivity index (χ3n) is 2.98. The van der Waals surface area contributed by atoms with Crippen molar-refractivity contribution >= 4 is 16.9 Å². The van der Waals surface area contributed by atoms with Crippen molar-refractivity contribution in [1.82, 2.24) is 4.57 Å². The number of hydrogen-bond donors (Lipinski definition) is 1. The van der Waals surface area contributed by atoms with E-state index in [4.69, 9.17) is 5.11 Å². The quantitative estimate of drug-likeness (QED) is 0.888. The van der Waals surface area contributed by atoms with Crippen molar-refractivity contribution in [2.24, 2.45) is 13.0 Å². The number of carboxylic acid groups (broad SMARTS) is 1. The molecule has 0 spiro atoms. The molecule has 0 saturated carbocycles. The lowest BCUT2D eigenvalue weighted by molar-refractivity contribution is -0.141. The van der Waals surface area contributed by atoms with E-state index in [0.717, 1.165) is 16.5 Å². The topological polar surface area (TPSA) is 42.2 Å². The van der Waals surface area contributed by atoms with E-state index in [2.05, 4.69) is 0 Å². The predicted octanol–water partition coefficient (Wildman–Crippen LogP) is 2.58. The number of benzene rings is 1. The molecule has 3 nitrogen and oxygen atoms in total. The van der Waals surface area contributed by atoms with E-state index in [1.54, 1.807) is 13.0 Å². The van der Waals surface area contributed by atoms with E-state index < -0.39 is 11.9 Å². The lowest BCUT2D eigenvalue weighted by Crippen LogP contribution is -2.11. The molecular formula is C13H14FNO2. The van der Waals surface area contributed by atoms with E-state index in [-0.39, 0.29) is 5.82 Å². The number of hydrogen-bond acceptors (Lipinski definition) is 1. The van der Waals surface area contributed by atoms with Crippen molar-refractivity contribution in [3.63, 3.8) is 0 Å². The molecule has 0 aliphatic carbocycles.